The van der Waals surface area contributed by atoms with Crippen LogP contribution in [-0.4, -0.2) is 70.5 Å². The number of carbonyl (C=O) groups is 2. The molecule has 4 rings (SSSR count). The Bertz CT molecular complexity index is 1260. The van der Waals surface area contributed by atoms with Crippen LogP contribution in [0.15, 0.2) is 42.5 Å². The maximum Gasteiger partial charge on any atom is 0.242 e. The normalized spacial score (nSPS) is 15.6. The maximum absolute atomic E-state index is 14.3. The van der Waals surface area contributed by atoms with Crippen molar-refractivity contribution >= 4 is 28.5 Å². The molecule has 2 heterocycles. The van der Waals surface area contributed by atoms with Gasteiger partial charge in [-0.15, -0.1) is 0 Å². The predicted molar refractivity (Wildman–Crippen MR) is 142 cm³/mol. The fraction of sp³-hybridized carbons (Fsp3) is 0.464. The highest BCUT2D eigenvalue weighted by Crippen LogP contribution is 2.26. The lowest BCUT2D eigenvalue weighted by atomic mass is 10.1. The van der Waals surface area contributed by atoms with Crippen LogP contribution in [0, 0.1) is 5.82 Å². The average Bonchev–Trinajstić information content (AvgIpc) is 3.18. The van der Waals surface area contributed by atoms with Gasteiger partial charge in [0.15, 0.2) is 0 Å². The summed E-state index contributed by atoms with van der Waals surface area (Å²) in [6.07, 6.45) is 0.753. The number of nitrogens with zero attached hydrogens (tertiary/aromatic N) is 5. The van der Waals surface area contributed by atoms with Crippen LogP contribution in [0.3, 0.4) is 0 Å². The molecule has 9 heteroatoms. The third-order valence-electron chi connectivity index (χ3n) is 6.95. The number of fused-ring (bicyclic) bond motifs is 2. The van der Waals surface area contributed by atoms with Gasteiger partial charge in [0.1, 0.15) is 24.8 Å². The highest BCUT2D eigenvalue weighted by atomic mass is 19.1. The number of anilines is 1. The van der Waals surface area contributed by atoms with Gasteiger partial charge in [-0.05, 0) is 50.1 Å². The molecule has 1 aliphatic heterocycles. The number of para-hydroxylation sites is 2. The summed E-state index contributed by atoms with van der Waals surface area (Å²) in [6.45, 7) is 8.92. The number of carbonyl (C=O) groups excluding carboxylic acids is 2. The summed E-state index contributed by atoms with van der Waals surface area (Å²) in [5, 5.41) is 0. The first-order chi connectivity index (χ1) is 17.8. The third-order valence-corrected chi connectivity index (χ3v) is 6.95. The molecule has 0 radical (unpaired) electrons. The number of aromatic nitrogens is 2. The Balaban J connectivity index is 1.71. The maximum atomic E-state index is 14.3. The van der Waals surface area contributed by atoms with Crippen LogP contribution < -0.4 is 4.90 Å². The Morgan fingerprint density at radius 3 is 2.59 bits per heavy atom. The first kappa shape index (κ1) is 26.8. The molecule has 0 unspecified atom stereocenters. The molecule has 3 aromatic rings. The van der Waals surface area contributed by atoms with E-state index in [4.69, 9.17) is 4.74 Å². The fourth-order valence-electron chi connectivity index (χ4n) is 4.95. The summed E-state index contributed by atoms with van der Waals surface area (Å²) in [5.41, 5.74) is 2.95. The van der Waals surface area contributed by atoms with Gasteiger partial charge in [0, 0.05) is 52.8 Å². The van der Waals surface area contributed by atoms with Crippen molar-refractivity contribution in [1.82, 2.24) is 19.4 Å². The molecule has 0 spiro atoms. The van der Waals surface area contributed by atoms with E-state index in [0.29, 0.717) is 37.8 Å². The van der Waals surface area contributed by atoms with Crippen LogP contribution in [0.1, 0.15) is 38.6 Å². The molecule has 1 aliphatic rings. The summed E-state index contributed by atoms with van der Waals surface area (Å²) in [5.74, 6) is 0.0573. The second-order valence-electron chi connectivity index (χ2n) is 9.78. The highest BCUT2D eigenvalue weighted by molar-refractivity contribution is 5.92. The Hall–Kier alpha value is -3.30. The first-order valence-electron chi connectivity index (χ1n) is 12.8. The molecule has 2 aromatic carbocycles. The van der Waals surface area contributed by atoms with Crippen LogP contribution in [-0.2, 0) is 34.0 Å². The van der Waals surface area contributed by atoms with E-state index in [1.54, 1.807) is 23.0 Å². The molecular formula is C28H36FN5O3. The molecule has 0 aliphatic carbocycles. The van der Waals surface area contributed by atoms with E-state index in [0.717, 1.165) is 29.6 Å². The van der Waals surface area contributed by atoms with Crippen LogP contribution in [0.4, 0.5) is 10.1 Å². The zero-order valence-corrected chi connectivity index (χ0v) is 22.1. The molecular weight excluding hydrogens is 473 g/mol. The molecule has 0 N–H and O–H groups in total. The number of halogens is 1. The second kappa shape index (κ2) is 11.8. The lowest BCUT2D eigenvalue weighted by Crippen LogP contribution is -2.42. The Morgan fingerprint density at radius 1 is 1.08 bits per heavy atom. The van der Waals surface area contributed by atoms with Gasteiger partial charge in [-0.25, -0.2) is 9.37 Å². The minimum atomic E-state index is -0.407. The number of methoxy groups -OCH3 is 1. The van der Waals surface area contributed by atoms with Crippen LogP contribution in [0.5, 0.6) is 0 Å². The number of amides is 2. The SMILES string of the molecule is COCc1nc2ccccc2n1CC(=O)N1CCN(C(C)C)CCCN(C(C)=O)c2cc(F)ccc2C1. The van der Waals surface area contributed by atoms with Crippen LogP contribution >= 0.6 is 0 Å². The molecule has 0 atom stereocenters. The van der Waals surface area contributed by atoms with Crippen molar-refractivity contribution in [3.05, 3.63) is 59.7 Å². The van der Waals surface area contributed by atoms with Crippen molar-refractivity contribution in [3.63, 3.8) is 0 Å². The smallest absolute Gasteiger partial charge is 0.242 e. The summed E-state index contributed by atoms with van der Waals surface area (Å²) >= 11 is 0. The number of hydrogen-bond acceptors (Lipinski definition) is 5. The minimum absolute atomic E-state index is 0.0758. The summed E-state index contributed by atoms with van der Waals surface area (Å²) in [6, 6.07) is 12.5. The molecule has 198 valence electrons. The zero-order chi connectivity index (χ0) is 26.5. The number of ether oxygens (including phenoxy) is 1. The van der Waals surface area contributed by atoms with Gasteiger partial charge in [0.2, 0.25) is 11.8 Å². The van der Waals surface area contributed by atoms with Crippen LogP contribution in [0.2, 0.25) is 0 Å². The van der Waals surface area contributed by atoms with Crippen molar-refractivity contribution in [3.8, 4) is 0 Å². The molecule has 1 aromatic heterocycles. The number of benzene rings is 2. The Kier molecular flexibility index (Phi) is 8.56. The minimum Gasteiger partial charge on any atom is -0.377 e. The van der Waals surface area contributed by atoms with Crippen molar-refractivity contribution in [2.75, 3.05) is 38.2 Å². The molecule has 0 fully saturated rings. The molecule has 0 saturated heterocycles. The largest absolute Gasteiger partial charge is 0.377 e. The van der Waals surface area contributed by atoms with E-state index >= 15 is 0 Å². The van der Waals surface area contributed by atoms with E-state index < -0.39 is 5.82 Å². The summed E-state index contributed by atoms with van der Waals surface area (Å²) < 4.78 is 21.6. The topological polar surface area (TPSA) is 70.9 Å². The van der Waals surface area contributed by atoms with Gasteiger partial charge in [0.05, 0.1) is 16.7 Å². The fourth-order valence-corrected chi connectivity index (χ4v) is 4.95. The van der Waals surface area contributed by atoms with Crippen molar-refractivity contribution in [2.45, 2.75) is 52.9 Å². The van der Waals surface area contributed by atoms with E-state index in [9.17, 15) is 14.0 Å². The summed E-state index contributed by atoms with van der Waals surface area (Å²) in [4.78, 5) is 36.8. The van der Waals surface area contributed by atoms with Gasteiger partial charge in [0.25, 0.3) is 0 Å². The van der Waals surface area contributed by atoms with Gasteiger partial charge in [-0.1, -0.05) is 18.2 Å². The van der Waals surface area contributed by atoms with E-state index in [1.807, 2.05) is 28.8 Å². The van der Waals surface area contributed by atoms with Gasteiger partial charge in [-0.3, -0.25) is 14.5 Å². The highest BCUT2D eigenvalue weighted by Gasteiger charge is 2.24. The van der Waals surface area contributed by atoms with Gasteiger partial charge >= 0.3 is 0 Å². The average molecular weight is 510 g/mol. The second-order valence-corrected chi connectivity index (χ2v) is 9.78. The molecule has 2 amide bonds. The number of hydrogen-bond donors (Lipinski definition) is 0. The predicted octanol–water partition coefficient (Wildman–Crippen LogP) is 3.82. The zero-order valence-electron chi connectivity index (χ0n) is 22.1. The van der Waals surface area contributed by atoms with E-state index in [-0.39, 0.29) is 30.9 Å². The van der Waals surface area contributed by atoms with Crippen molar-refractivity contribution in [2.24, 2.45) is 0 Å². The van der Waals surface area contributed by atoms with E-state index in [1.165, 1.54) is 19.1 Å². The number of rotatable bonds is 5. The molecule has 0 saturated carbocycles. The van der Waals surface area contributed by atoms with Crippen LogP contribution in [0.25, 0.3) is 11.0 Å². The summed E-state index contributed by atoms with van der Waals surface area (Å²) in [7, 11) is 1.61. The Morgan fingerprint density at radius 2 is 1.86 bits per heavy atom. The van der Waals surface area contributed by atoms with Crippen molar-refractivity contribution < 1.29 is 18.7 Å². The molecule has 0 bridgehead atoms. The van der Waals surface area contributed by atoms with E-state index in [2.05, 4.69) is 23.7 Å². The molecule has 37 heavy (non-hydrogen) atoms. The van der Waals surface area contributed by atoms with Gasteiger partial charge < -0.3 is 19.1 Å². The first-order valence-corrected chi connectivity index (χ1v) is 12.8. The quantitative estimate of drug-likeness (QED) is 0.523. The lowest BCUT2D eigenvalue weighted by Gasteiger charge is -2.30. The van der Waals surface area contributed by atoms with Crippen molar-refractivity contribution in [1.29, 1.82) is 0 Å². The molecule has 8 nitrogen and oxygen atoms in total. The third kappa shape index (κ3) is 6.17. The lowest BCUT2D eigenvalue weighted by molar-refractivity contribution is -0.132. The monoisotopic (exact) mass is 509 g/mol. The van der Waals surface area contributed by atoms with Gasteiger partial charge in [-0.2, -0.15) is 0 Å². The standard InChI is InChI=1S/C28H36FN5O3/c1-20(2)31-12-7-13-33(21(3)35)26-16-23(29)11-10-22(26)17-32(15-14-31)28(36)18-34-25-9-6-5-8-24(25)30-27(34)19-37-4/h5-6,8-11,16,20H,7,12-15,17-19H2,1-4H3. The Labute approximate surface area is 217 Å². The number of imidazole rings is 1.